The molecule has 104 valence electrons. The van der Waals surface area contributed by atoms with Crippen LogP contribution in [-0.2, 0) is 12.8 Å². The second-order valence-electron chi connectivity index (χ2n) is 4.80. The van der Waals surface area contributed by atoms with Crippen LogP contribution in [0.1, 0.15) is 49.1 Å². The maximum absolute atomic E-state index is 5.73. The van der Waals surface area contributed by atoms with Gasteiger partial charge in [0.1, 0.15) is 12.2 Å². The molecule has 0 radical (unpaired) electrons. The van der Waals surface area contributed by atoms with E-state index in [2.05, 4.69) is 47.7 Å². The monoisotopic (exact) mass is 279 g/mol. The molecular formula is C13H21N5S. The van der Waals surface area contributed by atoms with E-state index in [1.807, 2.05) is 4.68 Å². The zero-order chi connectivity index (χ0) is 13.8. The zero-order valence-corrected chi connectivity index (χ0v) is 12.4. The van der Waals surface area contributed by atoms with Crippen molar-refractivity contribution < 1.29 is 0 Å². The molecule has 0 bridgehead atoms. The number of aromatic nitrogens is 3. The van der Waals surface area contributed by atoms with E-state index in [9.17, 15) is 0 Å². The first kappa shape index (κ1) is 14.2. The van der Waals surface area contributed by atoms with Crippen LogP contribution in [0.25, 0.3) is 0 Å². The lowest BCUT2D eigenvalue weighted by Gasteiger charge is -2.17. The van der Waals surface area contributed by atoms with E-state index in [1.165, 1.54) is 10.4 Å². The van der Waals surface area contributed by atoms with E-state index in [-0.39, 0.29) is 6.04 Å². The van der Waals surface area contributed by atoms with Gasteiger partial charge in [0.05, 0.1) is 6.04 Å². The van der Waals surface area contributed by atoms with E-state index >= 15 is 0 Å². The molecule has 0 aliphatic carbocycles. The zero-order valence-electron chi connectivity index (χ0n) is 11.6. The van der Waals surface area contributed by atoms with Crippen molar-refractivity contribution in [1.29, 1.82) is 0 Å². The fraction of sp³-hybridized carbons (Fsp3) is 0.538. The Morgan fingerprint density at radius 2 is 2.26 bits per heavy atom. The van der Waals surface area contributed by atoms with Gasteiger partial charge in [0, 0.05) is 17.3 Å². The van der Waals surface area contributed by atoms with Gasteiger partial charge in [-0.2, -0.15) is 5.10 Å². The first-order valence-corrected chi connectivity index (χ1v) is 7.46. The molecule has 2 aromatic rings. The van der Waals surface area contributed by atoms with Crippen LogP contribution in [0.3, 0.4) is 0 Å². The van der Waals surface area contributed by atoms with E-state index in [1.54, 1.807) is 17.7 Å². The third-order valence-corrected chi connectivity index (χ3v) is 4.28. The van der Waals surface area contributed by atoms with E-state index in [0.717, 1.165) is 18.7 Å². The smallest absolute Gasteiger partial charge is 0.138 e. The Bertz CT molecular complexity index is 517. The van der Waals surface area contributed by atoms with Gasteiger partial charge in [-0.1, -0.05) is 6.92 Å². The van der Waals surface area contributed by atoms with Crippen molar-refractivity contribution >= 4 is 11.3 Å². The normalized spacial score (nSPS) is 13.1. The molecule has 5 nitrogen and oxygen atoms in total. The Labute approximate surface area is 117 Å². The number of hydrazine groups is 1. The number of nitrogens with zero attached hydrogens (tertiary/aromatic N) is 3. The van der Waals surface area contributed by atoms with Crippen LogP contribution in [0.4, 0.5) is 0 Å². The van der Waals surface area contributed by atoms with Gasteiger partial charge in [0.15, 0.2) is 0 Å². The molecule has 3 N–H and O–H groups in total. The van der Waals surface area contributed by atoms with E-state index < -0.39 is 0 Å². The molecule has 0 spiro atoms. The molecule has 0 fully saturated rings. The molecule has 0 aromatic carbocycles. The molecule has 0 aliphatic heterocycles. The van der Waals surface area contributed by atoms with Gasteiger partial charge in [-0.05, 0) is 37.3 Å². The van der Waals surface area contributed by atoms with Gasteiger partial charge in [-0.15, -0.1) is 11.3 Å². The minimum absolute atomic E-state index is 0.0941. The molecule has 6 heteroatoms. The summed E-state index contributed by atoms with van der Waals surface area (Å²) in [6.07, 6.45) is 3.38. The summed E-state index contributed by atoms with van der Waals surface area (Å²) in [5.41, 5.74) is 4.26. The summed E-state index contributed by atoms with van der Waals surface area (Å²) >= 11 is 1.74. The van der Waals surface area contributed by atoms with Crippen LogP contribution in [0, 0.1) is 0 Å². The van der Waals surface area contributed by atoms with Crippen LogP contribution in [0.5, 0.6) is 0 Å². The Hall–Kier alpha value is -1.24. The summed E-state index contributed by atoms with van der Waals surface area (Å²) in [7, 11) is 0. The Balaban J connectivity index is 2.22. The fourth-order valence-electron chi connectivity index (χ4n) is 2.21. The molecular weight excluding hydrogens is 258 g/mol. The number of hydrogen-bond donors (Lipinski definition) is 2. The summed E-state index contributed by atoms with van der Waals surface area (Å²) in [6.45, 7) is 6.37. The highest BCUT2D eigenvalue weighted by molar-refractivity contribution is 7.10. The van der Waals surface area contributed by atoms with Crippen LogP contribution >= 0.6 is 11.3 Å². The molecule has 2 aromatic heterocycles. The van der Waals surface area contributed by atoms with Crippen molar-refractivity contribution in [3.8, 4) is 0 Å². The molecule has 0 amide bonds. The molecule has 2 rings (SSSR count). The number of aryl methyl sites for hydroxylation is 1. The number of rotatable bonds is 6. The van der Waals surface area contributed by atoms with Gasteiger partial charge in [0.25, 0.3) is 0 Å². The Morgan fingerprint density at radius 3 is 2.89 bits per heavy atom. The second kappa shape index (κ2) is 6.27. The van der Waals surface area contributed by atoms with Crippen LogP contribution in [0.2, 0.25) is 0 Å². The van der Waals surface area contributed by atoms with E-state index in [0.29, 0.717) is 6.04 Å². The fourth-order valence-corrected chi connectivity index (χ4v) is 3.26. The summed E-state index contributed by atoms with van der Waals surface area (Å²) in [5.74, 6) is 6.70. The topological polar surface area (TPSA) is 68.8 Å². The largest absolute Gasteiger partial charge is 0.271 e. The van der Waals surface area contributed by atoms with Crippen molar-refractivity contribution in [1.82, 2.24) is 20.2 Å². The lowest BCUT2D eigenvalue weighted by atomic mass is 10.1. The van der Waals surface area contributed by atoms with Crippen molar-refractivity contribution in [3.63, 3.8) is 0 Å². The van der Waals surface area contributed by atoms with E-state index in [4.69, 9.17) is 5.84 Å². The maximum atomic E-state index is 5.73. The van der Waals surface area contributed by atoms with Crippen LogP contribution in [0.15, 0.2) is 17.8 Å². The van der Waals surface area contributed by atoms with Gasteiger partial charge in [0.2, 0.25) is 0 Å². The highest BCUT2D eigenvalue weighted by Gasteiger charge is 2.19. The first-order valence-electron chi connectivity index (χ1n) is 6.58. The van der Waals surface area contributed by atoms with Gasteiger partial charge in [-0.3, -0.25) is 11.3 Å². The van der Waals surface area contributed by atoms with Gasteiger partial charge < -0.3 is 0 Å². The average Bonchev–Trinajstić information content (AvgIpc) is 3.04. The lowest BCUT2D eigenvalue weighted by molar-refractivity contribution is 0.470. The van der Waals surface area contributed by atoms with Gasteiger partial charge >= 0.3 is 0 Å². The minimum Gasteiger partial charge on any atom is -0.271 e. The minimum atomic E-state index is 0.0941. The molecule has 0 aliphatic rings. The average molecular weight is 279 g/mol. The molecule has 0 saturated heterocycles. The summed E-state index contributed by atoms with van der Waals surface area (Å²) in [4.78, 5) is 5.65. The molecule has 0 saturated carbocycles. The standard InChI is InChI=1S/C13H21N5S/c1-4-10-5-6-19-13(10)11(17-14)7-12-15-8-16-18(12)9(2)3/h5-6,8-9,11,17H,4,7,14H2,1-3H3. The Morgan fingerprint density at radius 1 is 1.47 bits per heavy atom. The number of nitrogens with two attached hydrogens (primary N) is 1. The van der Waals surface area contributed by atoms with Crippen molar-refractivity contribution in [2.45, 2.75) is 45.7 Å². The molecule has 2 heterocycles. The van der Waals surface area contributed by atoms with Crippen LogP contribution in [-0.4, -0.2) is 14.8 Å². The highest BCUT2D eigenvalue weighted by atomic mass is 32.1. The third kappa shape index (κ3) is 3.02. The van der Waals surface area contributed by atoms with Crippen LogP contribution < -0.4 is 11.3 Å². The molecule has 1 atom stereocenters. The summed E-state index contributed by atoms with van der Waals surface area (Å²) < 4.78 is 1.95. The van der Waals surface area contributed by atoms with Gasteiger partial charge in [-0.25, -0.2) is 9.67 Å². The number of nitrogens with one attached hydrogen (secondary N) is 1. The summed E-state index contributed by atoms with van der Waals surface area (Å²) in [5, 5.41) is 6.38. The SMILES string of the molecule is CCc1ccsc1C(Cc1ncnn1C(C)C)NN. The lowest BCUT2D eigenvalue weighted by Crippen LogP contribution is -2.30. The third-order valence-electron chi connectivity index (χ3n) is 3.20. The first-order chi connectivity index (χ1) is 9.17. The molecule has 19 heavy (non-hydrogen) atoms. The summed E-state index contributed by atoms with van der Waals surface area (Å²) in [6, 6.07) is 2.57. The number of thiophene rings is 1. The predicted octanol–water partition coefficient (Wildman–Crippen LogP) is 2.23. The Kier molecular flexibility index (Phi) is 4.68. The highest BCUT2D eigenvalue weighted by Crippen LogP contribution is 2.27. The van der Waals surface area contributed by atoms with Crippen molar-refractivity contribution in [2.75, 3.05) is 0 Å². The van der Waals surface area contributed by atoms with Crippen molar-refractivity contribution in [3.05, 3.63) is 34.0 Å². The molecule has 1 unspecified atom stereocenters. The second-order valence-corrected chi connectivity index (χ2v) is 5.75. The van der Waals surface area contributed by atoms with Crippen molar-refractivity contribution in [2.24, 2.45) is 5.84 Å². The quantitative estimate of drug-likeness (QED) is 0.628. The number of hydrogen-bond acceptors (Lipinski definition) is 5. The predicted molar refractivity (Wildman–Crippen MR) is 77.9 cm³/mol. The maximum Gasteiger partial charge on any atom is 0.138 e.